The van der Waals surface area contributed by atoms with Crippen molar-refractivity contribution in [3.05, 3.63) is 169 Å². The molecule has 282 valence electrons. The van der Waals surface area contributed by atoms with Crippen molar-refractivity contribution in [2.24, 2.45) is 0 Å². The Labute approximate surface area is 332 Å². The number of nitrogens with zero attached hydrogens (tertiary/aromatic N) is 7. The molecule has 0 saturated carbocycles. The highest BCUT2D eigenvalue weighted by Crippen LogP contribution is 2.29. The Kier molecular flexibility index (Phi) is 10.1. The molecule has 57 heavy (non-hydrogen) atoms. The predicted octanol–water partition coefficient (Wildman–Crippen LogP) is 8.89. The summed E-state index contributed by atoms with van der Waals surface area (Å²) >= 11 is 0. The normalized spacial score (nSPS) is 14.2. The van der Waals surface area contributed by atoms with Gasteiger partial charge in [0.15, 0.2) is 0 Å². The van der Waals surface area contributed by atoms with E-state index >= 15 is 0 Å². The first kappa shape index (κ1) is 35.8. The smallest absolute Gasteiger partial charge is 0.148 e. The molecule has 0 unspecified atom stereocenters. The standard InChI is InChI=1S/C25H24N4O.C23H19N3O/c30-22-9-6-20(7-10-22)21-8-11-23-24(16-21)27-25(17-26-23)29-14-12-28(13-15-29)18-19-4-2-1-3-5-19;27-20-8-5-17(6-9-20)18-7-10-21-22(13-18)25-23(14-24-21)26-12-11-16-3-1-2-4-19(16)15-26/h1-11,16-17,30H,12-15,18H2;1-10,13-14,27H,11-12,15H2. The molecule has 2 aliphatic heterocycles. The molecule has 9 heteroatoms. The van der Waals surface area contributed by atoms with E-state index in [4.69, 9.17) is 9.97 Å². The highest BCUT2D eigenvalue weighted by Gasteiger charge is 2.20. The highest BCUT2D eigenvalue weighted by molar-refractivity contribution is 5.83. The maximum Gasteiger partial charge on any atom is 0.148 e. The Morgan fingerprint density at radius 2 is 0.965 bits per heavy atom. The number of aromatic nitrogens is 4. The van der Waals surface area contributed by atoms with E-state index in [1.54, 1.807) is 24.3 Å². The molecule has 0 amide bonds. The molecule has 0 radical (unpaired) electrons. The lowest BCUT2D eigenvalue weighted by Gasteiger charge is -2.35. The van der Waals surface area contributed by atoms with E-state index in [1.807, 2.05) is 60.9 Å². The number of hydrogen-bond acceptors (Lipinski definition) is 9. The molecule has 2 N–H and O–H groups in total. The second-order valence-electron chi connectivity index (χ2n) is 14.6. The number of rotatable bonds is 6. The molecule has 10 rings (SSSR count). The monoisotopic (exact) mass is 749 g/mol. The second kappa shape index (κ2) is 16.1. The molecule has 1 fully saturated rings. The first-order valence-corrected chi connectivity index (χ1v) is 19.5. The van der Waals surface area contributed by atoms with Gasteiger partial charge in [0.1, 0.15) is 23.1 Å². The molecule has 1 saturated heterocycles. The molecule has 6 aromatic carbocycles. The van der Waals surface area contributed by atoms with E-state index in [0.29, 0.717) is 0 Å². The quantitative estimate of drug-likeness (QED) is 0.173. The molecule has 4 heterocycles. The summed E-state index contributed by atoms with van der Waals surface area (Å²) in [5.41, 5.74) is 12.0. The van der Waals surface area contributed by atoms with Crippen LogP contribution in [0.1, 0.15) is 16.7 Å². The van der Waals surface area contributed by atoms with Crippen LogP contribution in [0.3, 0.4) is 0 Å². The van der Waals surface area contributed by atoms with Crippen LogP contribution in [0.5, 0.6) is 11.5 Å². The zero-order valence-electron chi connectivity index (χ0n) is 31.6. The zero-order valence-corrected chi connectivity index (χ0v) is 31.6. The molecular formula is C48H43N7O2. The van der Waals surface area contributed by atoms with E-state index in [0.717, 1.165) is 108 Å². The summed E-state index contributed by atoms with van der Waals surface area (Å²) in [5, 5.41) is 19.0. The summed E-state index contributed by atoms with van der Waals surface area (Å²) in [6.07, 6.45) is 4.79. The molecule has 2 aromatic heterocycles. The molecule has 0 spiro atoms. The molecule has 8 aromatic rings. The van der Waals surface area contributed by atoms with Crippen LogP contribution < -0.4 is 9.80 Å². The predicted molar refractivity (Wildman–Crippen MR) is 228 cm³/mol. The minimum Gasteiger partial charge on any atom is -0.508 e. The third kappa shape index (κ3) is 8.24. The van der Waals surface area contributed by atoms with Crippen molar-refractivity contribution in [1.82, 2.24) is 24.8 Å². The summed E-state index contributed by atoms with van der Waals surface area (Å²) in [5.74, 6) is 2.39. The fourth-order valence-electron chi connectivity index (χ4n) is 7.64. The average molecular weight is 750 g/mol. The van der Waals surface area contributed by atoms with E-state index in [1.165, 1.54) is 16.7 Å². The molecular weight excluding hydrogens is 707 g/mol. The average Bonchev–Trinajstić information content (AvgIpc) is 3.27. The summed E-state index contributed by atoms with van der Waals surface area (Å²) in [6, 6.07) is 45.9. The van der Waals surface area contributed by atoms with Crippen molar-refractivity contribution in [3.8, 4) is 33.8 Å². The third-order valence-electron chi connectivity index (χ3n) is 10.9. The number of anilines is 2. The first-order valence-electron chi connectivity index (χ1n) is 19.5. The number of benzene rings is 6. The third-order valence-corrected chi connectivity index (χ3v) is 10.9. The molecule has 9 nitrogen and oxygen atoms in total. The summed E-state index contributed by atoms with van der Waals surface area (Å²) in [6.45, 7) is 6.75. The first-order chi connectivity index (χ1) is 28.0. The lowest BCUT2D eigenvalue weighted by Crippen LogP contribution is -2.46. The Morgan fingerprint density at radius 3 is 1.54 bits per heavy atom. The Balaban J connectivity index is 0.000000149. The lowest BCUT2D eigenvalue weighted by atomic mass is 10.00. The van der Waals surface area contributed by atoms with Gasteiger partial charge in [-0.05, 0) is 93.9 Å². The maximum atomic E-state index is 9.53. The molecule has 2 aliphatic rings. The van der Waals surface area contributed by atoms with Gasteiger partial charge in [-0.25, -0.2) is 9.97 Å². The van der Waals surface area contributed by atoms with Gasteiger partial charge < -0.3 is 20.0 Å². The molecule has 0 atom stereocenters. The van der Waals surface area contributed by atoms with Gasteiger partial charge in [0.05, 0.1) is 34.5 Å². The second-order valence-corrected chi connectivity index (χ2v) is 14.6. The van der Waals surface area contributed by atoms with Crippen molar-refractivity contribution < 1.29 is 10.2 Å². The fourth-order valence-corrected chi connectivity index (χ4v) is 7.64. The Bertz CT molecular complexity index is 2630. The minimum atomic E-state index is 0.270. The van der Waals surface area contributed by atoms with Gasteiger partial charge in [-0.1, -0.05) is 91.0 Å². The number of aromatic hydroxyl groups is 2. The van der Waals surface area contributed by atoms with Gasteiger partial charge in [-0.3, -0.25) is 14.9 Å². The van der Waals surface area contributed by atoms with Crippen molar-refractivity contribution >= 4 is 33.7 Å². The van der Waals surface area contributed by atoms with Crippen molar-refractivity contribution in [3.63, 3.8) is 0 Å². The van der Waals surface area contributed by atoms with E-state index in [9.17, 15) is 10.2 Å². The Morgan fingerprint density at radius 1 is 0.456 bits per heavy atom. The fraction of sp³-hybridized carbons (Fsp3) is 0.167. The van der Waals surface area contributed by atoms with Crippen LogP contribution in [0.2, 0.25) is 0 Å². The van der Waals surface area contributed by atoms with Gasteiger partial charge >= 0.3 is 0 Å². The van der Waals surface area contributed by atoms with Crippen molar-refractivity contribution in [2.45, 2.75) is 19.5 Å². The Hall–Kier alpha value is -6.84. The number of hydrogen-bond donors (Lipinski definition) is 2. The number of phenolic OH excluding ortho intramolecular Hbond substituents is 2. The maximum absolute atomic E-state index is 9.53. The van der Waals surface area contributed by atoms with E-state index in [-0.39, 0.29) is 11.5 Å². The number of piperazine rings is 1. The van der Waals surface area contributed by atoms with Crippen LogP contribution >= 0.6 is 0 Å². The van der Waals surface area contributed by atoms with E-state index in [2.05, 4.69) is 91.4 Å². The number of fused-ring (bicyclic) bond motifs is 3. The minimum absolute atomic E-state index is 0.270. The van der Waals surface area contributed by atoms with E-state index < -0.39 is 0 Å². The SMILES string of the molecule is Oc1ccc(-c2ccc3ncc(N4CCN(Cc5ccccc5)CC4)nc3c2)cc1.Oc1ccc(-c2ccc3ncc(N4CCc5ccccc5C4)nc3c2)cc1. The van der Waals surface area contributed by atoms with Crippen LogP contribution in [-0.2, 0) is 19.5 Å². The van der Waals surface area contributed by atoms with Crippen molar-refractivity contribution in [2.75, 3.05) is 42.5 Å². The van der Waals surface area contributed by atoms with Gasteiger partial charge in [0, 0.05) is 45.8 Å². The summed E-state index contributed by atoms with van der Waals surface area (Å²) in [7, 11) is 0. The van der Waals surface area contributed by atoms with Crippen LogP contribution in [-0.4, -0.2) is 67.8 Å². The number of phenols is 2. The van der Waals surface area contributed by atoms with Gasteiger partial charge in [0.2, 0.25) is 0 Å². The molecule has 0 aliphatic carbocycles. The zero-order chi connectivity index (χ0) is 38.6. The highest BCUT2D eigenvalue weighted by atomic mass is 16.3. The van der Waals surface area contributed by atoms with Crippen LogP contribution in [0.15, 0.2) is 152 Å². The van der Waals surface area contributed by atoms with Crippen LogP contribution in [0.4, 0.5) is 11.6 Å². The van der Waals surface area contributed by atoms with Crippen molar-refractivity contribution in [1.29, 1.82) is 0 Å². The molecule has 0 bridgehead atoms. The summed E-state index contributed by atoms with van der Waals surface area (Å²) in [4.78, 5) is 26.2. The lowest BCUT2D eigenvalue weighted by molar-refractivity contribution is 0.249. The topological polar surface area (TPSA) is 102 Å². The van der Waals surface area contributed by atoms with Crippen LogP contribution in [0, 0.1) is 0 Å². The van der Waals surface area contributed by atoms with Gasteiger partial charge in [-0.15, -0.1) is 0 Å². The van der Waals surface area contributed by atoms with Crippen LogP contribution in [0.25, 0.3) is 44.3 Å². The van der Waals surface area contributed by atoms with Gasteiger partial charge in [-0.2, -0.15) is 0 Å². The summed E-state index contributed by atoms with van der Waals surface area (Å²) < 4.78 is 0. The van der Waals surface area contributed by atoms with Gasteiger partial charge in [0.25, 0.3) is 0 Å². The largest absolute Gasteiger partial charge is 0.508 e.